The maximum Gasteiger partial charge on any atom is 0.305 e. The number of carbonyl (C=O) groups excluding carboxylic acids is 1. The number of carbonyl (C=O) groups is 2. The fourth-order valence-electron chi connectivity index (χ4n) is 2.76. The van der Waals surface area contributed by atoms with Crippen LogP contribution in [-0.4, -0.2) is 31.9 Å². The monoisotopic (exact) mass is 405 g/mol. The molecule has 0 aliphatic carbocycles. The number of amides is 1. The molecule has 1 heterocycles. The second kappa shape index (κ2) is 8.05. The normalized spacial score (nSPS) is 11.8. The fraction of sp³-hybridized carbons (Fsp3) is 0.105. The summed E-state index contributed by atoms with van der Waals surface area (Å²) in [5, 5.41) is 25.0. The third-order valence-electron chi connectivity index (χ3n) is 4.04. The minimum atomic E-state index is -1.54. The van der Waals surface area contributed by atoms with Gasteiger partial charge in [0.2, 0.25) is 5.88 Å². The number of rotatable bonds is 6. The molecule has 0 saturated carbocycles. The van der Waals surface area contributed by atoms with Crippen LogP contribution < -0.4 is 5.32 Å². The molecule has 1 atom stereocenters. The Morgan fingerprint density at radius 2 is 1.66 bits per heavy atom. The third kappa shape index (κ3) is 4.21. The summed E-state index contributed by atoms with van der Waals surface area (Å²) in [7, 11) is 0. The summed E-state index contributed by atoms with van der Waals surface area (Å²) in [6.07, 6.45) is -0.802. The van der Waals surface area contributed by atoms with Crippen molar-refractivity contribution in [2.45, 2.75) is 12.5 Å². The molecule has 3 N–H and O–H groups in total. The van der Waals surface area contributed by atoms with Gasteiger partial charge in [-0.25, -0.2) is 13.2 Å². The highest BCUT2D eigenvalue weighted by atomic mass is 19.1. The van der Waals surface area contributed by atoms with E-state index < -0.39 is 58.9 Å². The molecule has 10 heteroatoms. The molecular weight excluding hydrogens is 391 g/mol. The Hall–Kier alpha value is -3.82. The van der Waals surface area contributed by atoms with Crippen LogP contribution in [0.25, 0.3) is 5.69 Å². The number of benzene rings is 2. The first-order valence-electron chi connectivity index (χ1n) is 8.28. The van der Waals surface area contributed by atoms with Crippen molar-refractivity contribution in [3.8, 4) is 11.6 Å². The van der Waals surface area contributed by atoms with Gasteiger partial charge >= 0.3 is 5.97 Å². The Kier molecular flexibility index (Phi) is 5.53. The van der Waals surface area contributed by atoms with E-state index in [9.17, 15) is 27.9 Å². The number of hydrogen-bond donors (Lipinski definition) is 3. The average molecular weight is 405 g/mol. The summed E-state index contributed by atoms with van der Waals surface area (Å²) in [5.41, 5.74) is -1.16. The number of carboxylic acid groups (broad SMARTS) is 1. The molecule has 0 aliphatic heterocycles. The highest BCUT2D eigenvalue weighted by Gasteiger charge is 2.26. The van der Waals surface area contributed by atoms with Gasteiger partial charge in [0.15, 0.2) is 5.69 Å². The van der Waals surface area contributed by atoms with Gasteiger partial charge in [0, 0.05) is 11.6 Å². The van der Waals surface area contributed by atoms with Crippen molar-refractivity contribution in [2.75, 3.05) is 0 Å². The number of nitrogens with one attached hydrogen (secondary N) is 1. The summed E-state index contributed by atoms with van der Waals surface area (Å²) in [6, 6.07) is 7.68. The van der Waals surface area contributed by atoms with E-state index in [1.165, 1.54) is 18.2 Å². The molecule has 3 rings (SSSR count). The van der Waals surface area contributed by atoms with E-state index in [0.717, 1.165) is 35.0 Å². The number of carboxylic acids is 1. The van der Waals surface area contributed by atoms with Gasteiger partial charge in [0.05, 0.1) is 12.5 Å². The Balaban J connectivity index is 1.92. The standard InChI is InChI=1S/C19H14F3N3O4/c20-10-4-1-2-7-15(10)25-16(26)8-14(24-25)19(29)23-13(9-17(27)28)18-11(21)5-3-6-12(18)22/h1-8,13,26H,9H2,(H,23,29)(H,27,28)/t13-/m0/s1. The van der Waals surface area contributed by atoms with E-state index in [1.54, 1.807) is 0 Å². The molecule has 29 heavy (non-hydrogen) atoms. The number of nitrogens with zero attached hydrogens (tertiary/aromatic N) is 2. The summed E-state index contributed by atoms with van der Waals surface area (Å²) >= 11 is 0. The van der Waals surface area contributed by atoms with Gasteiger partial charge in [-0.3, -0.25) is 9.59 Å². The van der Waals surface area contributed by atoms with E-state index >= 15 is 0 Å². The number of aromatic nitrogens is 2. The number of aromatic hydroxyl groups is 1. The molecular formula is C19H14F3N3O4. The van der Waals surface area contributed by atoms with Crippen LogP contribution in [0.3, 0.4) is 0 Å². The fourth-order valence-corrected chi connectivity index (χ4v) is 2.76. The second-order valence-corrected chi connectivity index (χ2v) is 6.01. The van der Waals surface area contributed by atoms with Crippen LogP contribution in [0.15, 0.2) is 48.5 Å². The highest BCUT2D eigenvalue weighted by Crippen LogP contribution is 2.25. The first kappa shape index (κ1) is 19.9. The number of aliphatic carboxylic acids is 1. The Morgan fingerprint density at radius 3 is 2.28 bits per heavy atom. The summed E-state index contributed by atoms with van der Waals surface area (Å²) in [6.45, 7) is 0. The highest BCUT2D eigenvalue weighted by molar-refractivity contribution is 5.93. The van der Waals surface area contributed by atoms with Crippen LogP contribution in [0.1, 0.15) is 28.5 Å². The van der Waals surface area contributed by atoms with Crippen molar-refractivity contribution in [3.63, 3.8) is 0 Å². The Labute approximate surface area is 162 Å². The molecule has 1 aromatic heterocycles. The quantitative estimate of drug-likeness (QED) is 0.585. The van der Waals surface area contributed by atoms with Crippen LogP contribution >= 0.6 is 0 Å². The summed E-state index contributed by atoms with van der Waals surface area (Å²) < 4.78 is 42.8. The number of halogens is 3. The molecule has 0 fully saturated rings. The van der Waals surface area contributed by atoms with Gasteiger partial charge in [-0.05, 0) is 24.3 Å². The maximum atomic E-state index is 14.1. The van der Waals surface area contributed by atoms with Crippen LogP contribution in [0, 0.1) is 17.5 Å². The average Bonchev–Trinajstić information content (AvgIpc) is 3.03. The molecule has 0 saturated heterocycles. The van der Waals surface area contributed by atoms with E-state index in [1.807, 2.05) is 0 Å². The number of hydrogen-bond acceptors (Lipinski definition) is 4. The lowest BCUT2D eigenvalue weighted by Gasteiger charge is -2.18. The summed E-state index contributed by atoms with van der Waals surface area (Å²) in [4.78, 5) is 23.6. The van der Waals surface area contributed by atoms with E-state index in [4.69, 9.17) is 5.11 Å². The van der Waals surface area contributed by atoms with Gasteiger partial charge in [0.25, 0.3) is 5.91 Å². The molecule has 0 unspecified atom stereocenters. The van der Waals surface area contributed by atoms with Crippen molar-refractivity contribution in [3.05, 3.63) is 77.2 Å². The van der Waals surface area contributed by atoms with Crippen molar-refractivity contribution in [2.24, 2.45) is 0 Å². The maximum absolute atomic E-state index is 14.1. The predicted molar refractivity (Wildman–Crippen MR) is 94.0 cm³/mol. The molecule has 150 valence electrons. The van der Waals surface area contributed by atoms with Gasteiger partial charge in [-0.15, -0.1) is 0 Å². The topological polar surface area (TPSA) is 104 Å². The zero-order valence-corrected chi connectivity index (χ0v) is 14.6. The number of para-hydroxylation sites is 1. The first-order chi connectivity index (χ1) is 13.8. The first-order valence-corrected chi connectivity index (χ1v) is 8.28. The predicted octanol–water partition coefficient (Wildman–Crippen LogP) is 2.94. The molecule has 7 nitrogen and oxygen atoms in total. The molecule has 0 aliphatic rings. The lowest BCUT2D eigenvalue weighted by atomic mass is 10.0. The zero-order chi connectivity index (χ0) is 21.1. The molecule has 1 amide bonds. The van der Waals surface area contributed by atoms with E-state index in [0.29, 0.717) is 0 Å². The van der Waals surface area contributed by atoms with Crippen molar-refractivity contribution >= 4 is 11.9 Å². The Morgan fingerprint density at radius 1 is 1.03 bits per heavy atom. The van der Waals surface area contributed by atoms with Crippen molar-refractivity contribution in [1.29, 1.82) is 0 Å². The van der Waals surface area contributed by atoms with Gasteiger partial charge in [-0.2, -0.15) is 9.78 Å². The van der Waals surface area contributed by atoms with Crippen LogP contribution in [-0.2, 0) is 4.79 Å². The lowest BCUT2D eigenvalue weighted by Crippen LogP contribution is -2.31. The summed E-state index contributed by atoms with van der Waals surface area (Å²) in [5.74, 6) is -5.75. The molecule has 2 aromatic carbocycles. The van der Waals surface area contributed by atoms with Crippen LogP contribution in [0.4, 0.5) is 13.2 Å². The van der Waals surface area contributed by atoms with E-state index in [2.05, 4.69) is 10.4 Å². The minimum absolute atomic E-state index is 0.133. The molecule has 0 bridgehead atoms. The van der Waals surface area contributed by atoms with Gasteiger partial charge in [0.1, 0.15) is 23.1 Å². The van der Waals surface area contributed by atoms with Crippen molar-refractivity contribution in [1.82, 2.24) is 15.1 Å². The van der Waals surface area contributed by atoms with Gasteiger partial charge < -0.3 is 15.5 Å². The lowest BCUT2D eigenvalue weighted by molar-refractivity contribution is -0.137. The van der Waals surface area contributed by atoms with Crippen molar-refractivity contribution < 1.29 is 33.0 Å². The SMILES string of the molecule is O=C(O)C[C@H](NC(=O)c1cc(O)n(-c2ccccc2F)n1)c1c(F)cccc1F. The largest absolute Gasteiger partial charge is 0.493 e. The zero-order valence-electron chi connectivity index (χ0n) is 14.6. The minimum Gasteiger partial charge on any atom is -0.493 e. The smallest absolute Gasteiger partial charge is 0.305 e. The van der Waals surface area contributed by atoms with Crippen LogP contribution in [0.5, 0.6) is 5.88 Å². The Bertz CT molecular complexity index is 1060. The molecule has 3 aromatic rings. The van der Waals surface area contributed by atoms with E-state index in [-0.39, 0.29) is 5.69 Å². The van der Waals surface area contributed by atoms with Crippen LogP contribution in [0.2, 0.25) is 0 Å². The second-order valence-electron chi connectivity index (χ2n) is 6.01. The third-order valence-corrected chi connectivity index (χ3v) is 4.04. The molecule has 0 radical (unpaired) electrons. The van der Waals surface area contributed by atoms with Gasteiger partial charge in [-0.1, -0.05) is 18.2 Å². The molecule has 0 spiro atoms.